The molecule has 2 aliphatic heterocycles. The van der Waals surface area contributed by atoms with E-state index in [1.54, 1.807) is 0 Å². The van der Waals surface area contributed by atoms with E-state index in [0.29, 0.717) is 4.99 Å². The van der Waals surface area contributed by atoms with Gasteiger partial charge in [0.2, 0.25) is 0 Å². The Kier molecular flexibility index (Phi) is 3.58. The van der Waals surface area contributed by atoms with Gasteiger partial charge in [0.05, 0.1) is 6.04 Å². The number of nitrogens with one attached hydrogen (secondary N) is 1. The summed E-state index contributed by atoms with van der Waals surface area (Å²) in [5.74, 6) is 0. The highest BCUT2D eigenvalue weighted by Crippen LogP contribution is 2.18. The van der Waals surface area contributed by atoms with E-state index in [4.69, 9.17) is 18.0 Å². The zero-order valence-electron chi connectivity index (χ0n) is 11.2. The highest BCUT2D eigenvalue weighted by Gasteiger charge is 2.35. The predicted molar refractivity (Wildman–Crippen MR) is 81.5 cm³/mol. The van der Waals surface area contributed by atoms with Gasteiger partial charge in [-0.1, -0.05) is 36.5 Å². The number of urea groups is 1. The van der Waals surface area contributed by atoms with Gasteiger partial charge in [0, 0.05) is 38.3 Å². The zero-order chi connectivity index (χ0) is 14.1. The largest absolute Gasteiger partial charge is 0.389 e. The van der Waals surface area contributed by atoms with Crippen molar-refractivity contribution in [1.29, 1.82) is 0 Å². The molecule has 2 saturated heterocycles. The first kappa shape index (κ1) is 13.3. The molecule has 3 rings (SSSR count). The highest BCUT2D eigenvalue weighted by atomic mass is 32.1. The number of piperazine rings is 1. The molecule has 1 aromatic carbocycles. The summed E-state index contributed by atoms with van der Waals surface area (Å²) < 4.78 is 0. The number of nitrogens with zero attached hydrogens (tertiary/aromatic N) is 2. The fourth-order valence-corrected chi connectivity index (χ4v) is 3.15. The van der Waals surface area contributed by atoms with Crippen LogP contribution in [0.3, 0.4) is 0 Å². The smallest absolute Gasteiger partial charge is 0.317 e. The molecule has 0 saturated carbocycles. The Balaban J connectivity index is 1.70. The van der Waals surface area contributed by atoms with Crippen LogP contribution in [0.1, 0.15) is 11.1 Å². The molecule has 2 heterocycles. The van der Waals surface area contributed by atoms with Crippen molar-refractivity contribution < 1.29 is 4.79 Å². The van der Waals surface area contributed by atoms with Crippen molar-refractivity contribution in [3.63, 3.8) is 0 Å². The van der Waals surface area contributed by atoms with Crippen molar-refractivity contribution in [2.45, 2.75) is 12.6 Å². The molecule has 1 aromatic rings. The van der Waals surface area contributed by atoms with Crippen molar-refractivity contribution in [3.05, 3.63) is 35.4 Å². The number of thiocarbonyl (C=S) groups is 1. The van der Waals surface area contributed by atoms with Crippen LogP contribution in [-0.2, 0) is 6.54 Å². The minimum absolute atomic E-state index is 0.0678. The second kappa shape index (κ2) is 5.38. The number of rotatable bonds is 3. The van der Waals surface area contributed by atoms with Crippen LogP contribution < -0.4 is 11.1 Å². The number of benzene rings is 1. The molecular formula is C14H18N4OS. The number of carbonyl (C=O) groups excluding carboxylic acids is 1. The maximum Gasteiger partial charge on any atom is 0.317 e. The lowest BCUT2D eigenvalue weighted by Crippen LogP contribution is -2.51. The number of nitrogens with two attached hydrogens (primary N) is 1. The van der Waals surface area contributed by atoms with Crippen molar-refractivity contribution in [1.82, 2.24) is 15.1 Å². The quantitative estimate of drug-likeness (QED) is 0.797. The second-order valence-electron chi connectivity index (χ2n) is 5.29. The van der Waals surface area contributed by atoms with E-state index in [-0.39, 0.29) is 12.1 Å². The average molecular weight is 290 g/mol. The van der Waals surface area contributed by atoms with Gasteiger partial charge in [-0.3, -0.25) is 4.90 Å². The van der Waals surface area contributed by atoms with E-state index in [2.05, 4.69) is 16.3 Å². The third-order valence-electron chi connectivity index (χ3n) is 3.99. The normalized spacial score (nSPS) is 22.5. The van der Waals surface area contributed by atoms with Crippen LogP contribution in [0, 0.1) is 0 Å². The molecule has 5 nitrogen and oxygen atoms in total. The molecule has 0 radical (unpaired) electrons. The lowest BCUT2D eigenvalue weighted by atomic mass is 10.1. The van der Waals surface area contributed by atoms with Gasteiger partial charge in [-0.25, -0.2) is 4.79 Å². The molecule has 1 unspecified atom stereocenters. The minimum Gasteiger partial charge on any atom is -0.389 e. The van der Waals surface area contributed by atoms with Crippen molar-refractivity contribution >= 4 is 23.2 Å². The van der Waals surface area contributed by atoms with Gasteiger partial charge in [-0.2, -0.15) is 0 Å². The Morgan fingerprint density at radius 1 is 1.40 bits per heavy atom. The average Bonchev–Trinajstić information content (AvgIpc) is 2.80. The first-order valence-corrected chi connectivity index (χ1v) is 7.20. The molecule has 0 spiro atoms. The van der Waals surface area contributed by atoms with Gasteiger partial charge in [-0.05, 0) is 5.56 Å². The Bertz CT molecular complexity index is 548. The molecule has 0 aromatic heterocycles. The summed E-state index contributed by atoms with van der Waals surface area (Å²) >= 11 is 5.10. The zero-order valence-corrected chi connectivity index (χ0v) is 12.0. The van der Waals surface area contributed by atoms with E-state index in [0.717, 1.165) is 43.9 Å². The summed E-state index contributed by atoms with van der Waals surface area (Å²) in [5.41, 5.74) is 7.88. The molecule has 1 atom stereocenters. The molecule has 0 aliphatic carbocycles. The van der Waals surface area contributed by atoms with Crippen molar-refractivity contribution in [2.24, 2.45) is 5.73 Å². The molecule has 3 N–H and O–H groups in total. The number of fused-ring (bicyclic) bond motifs is 1. The third kappa shape index (κ3) is 2.48. The van der Waals surface area contributed by atoms with Crippen LogP contribution in [0.25, 0.3) is 0 Å². The van der Waals surface area contributed by atoms with E-state index >= 15 is 0 Å². The molecular weight excluding hydrogens is 272 g/mol. The maximum atomic E-state index is 11.6. The number of hydrogen-bond acceptors (Lipinski definition) is 3. The number of carbonyl (C=O) groups is 1. The van der Waals surface area contributed by atoms with Crippen molar-refractivity contribution in [2.75, 3.05) is 26.2 Å². The summed E-state index contributed by atoms with van der Waals surface area (Å²) in [7, 11) is 0. The molecule has 20 heavy (non-hydrogen) atoms. The monoisotopic (exact) mass is 290 g/mol. The van der Waals surface area contributed by atoms with Crippen LogP contribution in [0.4, 0.5) is 4.79 Å². The summed E-state index contributed by atoms with van der Waals surface area (Å²) in [4.78, 5) is 16.3. The number of hydrogen-bond donors (Lipinski definition) is 2. The van der Waals surface area contributed by atoms with Gasteiger partial charge < -0.3 is 16.0 Å². The SMILES string of the molecule is NC(=S)c1ccccc1CN1CCN2C(=O)NCC2C1. The minimum atomic E-state index is 0.0678. The van der Waals surface area contributed by atoms with Crippen LogP contribution in [0.15, 0.2) is 24.3 Å². The third-order valence-corrected chi connectivity index (χ3v) is 4.21. The van der Waals surface area contributed by atoms with E-state index in [1.165, 1.54) is 0 Å². The Labute approximate surface area is 123 Å². The molecule has 0 bridgehead atoms. The van der Waals surface area contributed by atoms with Gasteiger partial charge in [0.15, 0.2) is 0 Å². The van der Waals surface area contributed by atoms with E-state index in [1.807, 2.05) is 23.1 Å². The fourth-order valence-electron chi connectivity index (χ4n) is 2.95. The topological polar surface area (TPSA) is 61.6 Å². The highest BCUT2D eigenvalue weighted by molar-refractivity contribution is 7.80. The Hall–Kier alpha value is -1.66. The van der Waals surface area contributed by atoms with Gasteiger partial charge in [-0.15, -0.1) is 0 Å². The van der Waals surface area contributed by atoms with Crippen LogP contribution in [0.2, 0.25) is 0 Å². The lowest BCUT2D eigenvalue weighted by molar-refractivity contribution is 0.116. The molecule has 106 valence electrons. The number of amides is 2. The van der Waals surface area contributed by atoms with E-state index < -0.39 is 0 Å². The van der Waals surface area contributed by atoms with E-state index in [9.17, 15) is 4.79 Å². The Morgan fingerprint density at radius 3 is 3.00 bits per heavy atom. The molecule has 2 aliphatic rings. The molecule has 2 amide bonds. The predicted octanol–water partition coefficient (Wildman–Crippen LogP) is 0.530. The van der Waals surface area contributed by atoms with Crippen molar-refractivity contribution in [3.8, 4) is 0 Å². The maximum absolute atomic E-state index is 11.6. The summed E-state index contributed by atoms with van der Waals surface area (Å²) in [6.07, 6.45) is 0. The standard InChI is InChI=1S/C14H18N4OS/c15-13(20)12-4-2-1-3-10(12)8-17-5-6-18-11(9-17)7-16-14(18)19/h1-4,11H,5-9H2,(H2,15,20)(H,16,19). The summed E-state index contributed by atoms with van der Waals surface area (Å²) in [5, 5.41) is 2.90. The van der Waals surface area contributed by atoms with Gasteiger partial charge in [0.1, 0.15) is 4.99 Å². The van der Waals surface area contributed by atoms with Gasteiger partial charge in [0.25, 0.3) is 0 Å². The first-order valence-electron chi connectivity index (χ1n) is 6.79. The summed E-state index contributed by atoms with van der Waals surface area (Å²) in [6, 6.07) is 8.35. The van der Waals surface area contributed by atoms with Crippen LogP contribution >= 0.6 is 12.2 Å². The Morgan fingerprint density at radius 2 is 2.20 bits per heavy atom. The van der Waals surface area contributed by atoms with Gasteiger partial charge >= 0.3 is 6.03 Å². The van der Waals surface area contributed by atoms with Crippen LogP contribution in [0.5, 0.6) is 0 Å². The fraction of sp³-hybridized carbons (Fsp3) is 0.429. The lowest BCUT2D eigenvalue weighted by Gasteiger charge is -2.36. The second-order valence-corrected chi connectivity index (χ2v) is 5.73. The summed E-state index contributed by atoms with van der Waals surface area (Å²) in [6.45, 7) is 4.13. The molecule has 2 fully saturated rings. The van der Waals surface area contributed by atoms with Crippen LogP contribution in [-0.4, -0.2) is 53.0 Å². The molecule has 6 heteroatoms. The first-order chi connectivity index (χ1) is 9.65.